The van der Waals surface area contributed by atoms with Crippen molar-refractivity contribution in [3.63, 3.8) is 0 Å². The molecule has 3 rings (SSSR count). The van der Waals surface area contributed by atoms with Gasteiger partial charge in [0.25, 0.3) is 11.5 Å². The van der Waals surface area contributed by atoms with Crippen LogP contribution in [-0.4, -0.2) is 23.4 Å². The lowest BCUT2D eigenvalue weighted by molar-refractivity contribution is -0.130. The molecule has 8 nitrogen and oxygen atoms in total. The highest BCUT2D eigenvalue weighted by Crippen LogP contribution is 2.29. The Morgan fingerprint density at radius 2 is 1.67 bits per heavy atom. The Kier molecular flexibility index (Phi) is 7.60. The third-order valence-corrected chi connectivity index (χ3v) is 5.19. The number of amides is 2. The van der Waals surface area contributed by atoms with E-state index in [1.54, 1.807) is 19.9 Å². The zero-order valence-corrected chi connectivity index (χ0v) is 18.4. The largest absolute Gasteiger partial charge is 0.483 e. The molecule has 0 saturated heterocycles. The Labute approximate surface area is 191 Å². The second-order valence-corrected chi connectivity index (χ2v) is 7.42. The first-order valence-corrected chi connectivity index (χ1v) is 10.4. The third-order valence-electron chi connectivity index (χ3n) is 5.19. The van der Waals surface area contributed by atoms with Crippen LogP contribution in [0.4, 0.5) is 0 Å². The molecule has 0 aliphatic heterocycles. The number of benzene rings is 2. The Bertz CT molecular complexity index is 1260. The number of nitriles is 1. The van der Waals surface area contributed by atoms with Gasteiger partial charge in [-0.25, -0.2) is 0 Å². The van der Waals surface area contributed by atoms with Crippen LogP contribution in [0.15, 0.2) is 59.4 Å². The van der Waals surface area contributed by atoms with Gasteiger partial charge in [0.2, 0.25) is 5.91 Å². The van der Waals surface area contributed by atoms with Crippen molar-refractivity contribution in [2.24, 2.45) is 0 Å². The van der Waals surface area contributed by atoms with E-state index in [4.69, 9.17) is 10.00 Å². The molecule has 1 heterocycles. The quantitative estimate of drug-likeness (QED) is 0.484. The Morgan fingerprint density at radius 3 is 2.39 bits per heavy atom. The van der Waals surface area contributed by atoms with Gasteiger partial charge in [0.1, 0.15) is 17.4 Å². The molecular formula is C25H24N4O4. The number of hydrogen-bond acceptors (Lipinski definition) is 5. The Hall–Kier alpha value is -4.38. The predicted octanol–water partition coefficient (Wildman–Crippen LogP) is 2.69. The van der Waals surface area contributed by atoms with Crippen molar-refractivity contribution < 1.29 is 14.3 Å². The average Bonchev–Trinajstić information content (AvgIpc) is 2.82. The van der Waals surface area contributed by atoms with Gasteiger partial charge in [0.15, 0.2) is 6.61 Å². The number of aromatic nitrogens is 1. The summed E-state index contributed by atoms with van der Waals surface area (Å²) in [6.45, 7) is 3.13. The number of carbonyl (C=O) groups excluding carboxylic acids is 2. The van der Waals surface area contributed by atoms with E-state index in [9.17, 15) is 14.4 Å². The first kappa shape index (κ1) is 23.3. The summed E-state index contributed by atoms with van der Waals surface area (Å²) in [5.41, 5.74) is 8.01. The topological polar surface area (TPSA) is 124 Å². The first-order chi connectivity index (χ1) is 15.9. The number of rotatable bonds is 7. The number of H-pyrrole nitrogens is 1. The Morgan fingerprint density at radius 1 is 1.00 bits per heavy atom. The van der Waals surface area contributed by atoms with Gasteiger partial charge in [0.05, 0.1) is 0 Å². The van der Waals surface area contributed by atoms with Gasteiger partial charge >= 0.3 is 0 Å². The van der Waals surface area contributed by atoms with E-state index in [1.807, 2.05) is 54.6 Å². The molecule has 2 amide bonds. The minimum atomic E-state index is -0.505. The fraction of sp³-hybridized carbons (Fsp3) is 0.200. The van der Waals surface area contributed by atoms with Crippen LogP contribution in [0, 0.1) is 25.2 Å². The summed E-state index contributed by atoms with van der Waals surface area (Å²) in [5.74, 6) is -0.353. The van der Waals surface area contributed by atoms with Crippen molar-refractivity contribution in [1.29, 1.82) is 5.26 Å². The number of hydrazine groups is 1. The van der Waals surface area contributed by atoms with Gasteiger partial charge in [-0.2, -0.15) is 5.26 Å². The molecule has 8 heteroatoms. The summed E-state index contributed by atoms with van der Waals surface area (Å²) < 4.78 is 5.66. The average molecular weight is 444 g/mol. The van der Waals surface area contributed by atoms with E-state index in [2.05, 4.69) is 15.8 Å². The molecule has 0 spiro atoms. The molecule has 0 radical (unpaired) electrons. The number of nitrogens with one attached hydrogen (secondary N) is 3. The molecule has 2 aromatic carbocycles. The van der Waals surface area contributed by atoms with Crippen molar-refractivity contribution in [2.45, 2.75) is 26.7 Å². The second kappa shape index (κ2) is 10.8. The first-order valence-electron chi connectivity index (χ1n) is 10.4. The fourth-order valence-electron chi connectivity index (χ4n) is 3.49. The van der Waals surface area contributed by atoms with Crippen molar-refractivity contribution in [2.75, 3.05) is 6.61 Å². The van der Waals surface area contributed by atoms with Gasteiger partial charge in [-0.05, 0) is 43.0 Å². The van der Waals surface area contributed by atoms with E-state index in [-0.39, 0.29) is 18.6 Å². The van der Waals surface area contributed by atoms with Crippen LogP contribution in [0.3, 0.4) is 0 Å². The van der Waals surface area contributed by atoms with Crippen LogP contribution in [0.1, 0.15) is 28.8 Å². The molecule has 0 aliphatic rings. The summed E-state index contributed by atoms with van der Waals surface area (Å²) in [5, 5.41) is 9.14. The molecule has 3 N–H and O–H groups in total. The number of hydrogen-bond donors (Lipinski definition) is 3. The highest BCUT2D eigenvalue weighted by Gasteiger charge is 2.14. The third kappa shape index (κ3) is 5.86. The number of pyridine rings is 1. The zero-order chi connectivity index (χ0) is 23.8. The van der Waals surface area contributed by atoms with Gasteiger partial charge < -0.3 is 9.72 Å². The minimum Gasteiger partial charge on any atom is -0.483 e. The summed E-state index contributed by atoms with van der Waals surface area (Å²) in [6.07, 6.45) is 0.377. The lowest BCUT2D eigenvalue weighted by Gasteiger charge is -2.13. The maximum absolute atomic E-state index is 12.2. The van der Waals surface area contributed by atoms with Crippen molar-refractivity contribution in [1.82, 2.24) is 15.8 Å². The highest BCUT2D eigenvalue weighted by molar-refractivity contribution is 5.83. The minimum absolute atomic E-state index is 0.0391. The number of aryl methyl sites for hydroxylation is 1. The van der Waals surface area contributed by atoms with E-state index in [0.29, 0.717) is 23.4 Å². The number of nitrogens with zero attached hydrogens (tertiary/aromatic N) is 1. The van der Waals surface area contributed by atoms with Crippen LogP contribution in [0.25, 0.3) is 11.1 Å². The predicted molar refractivity (Wildman–Crippen MR) is 123 cm³/mol. The summed E-state index contributed by atoms with van der Waals surface area (Å²) >= 11 is 0. The summed E-state index contributed by atoms with van der Waals surface area (Å²) in [4.78, 5) is 38.8. The molecule has 0 saturated carbocycles. The van der Waals surface area contributed by atoms with Crippen molar-refractivity contribution in [3.05, 3.63) is 87.3 Å². The molecule has 0 unspecified atom stereocenters. The van der Waals surface area contributed by atoms with Crippen LogP contribution in [-0.2, 0) is 16.0 Å². The van der Waals surface area contributed by atoms with Gasteiger partial charge in [-0.1, -0.05) is 48.5 Å². The maximum atomic E-state index is 12.2. The number of aromatic amines is 1. The molecule has 0 aliphatic carbocycles. The number of ether oxygens (including phenoxy) is 1. The van der Waals surface area contributed by atoms with E-state index in [0.717, 1.165) is 16.7 Å². The van der Waals surface area contributed by atoms with Crippen molar-refractivity contribution >= 4 is 11.8 Å². The van der Waals surface area contributed by atoms with Crippen LogP contribution in [0.2, 0.25) is 0 Å². The van der Waals surface area contributed by atoms with Crippen LogP contribution < -0.4 is 21.1 Å². The molecule has 168 valence electrons. The van der Waals surface area contributed by atoms with Crippen LogP contribution >= 0.6 is 0 Å². The van der Waals surface area contributed by atoms with Crippen LogP contribution in [0.5, 0.6) is 5.75 Å². The number of carbonyl (C=O) groups is 2. The van der Waals surface area contributed by atoms with Crippen molar-refractivity contribution in [3.8, 4) is 22.9 Å². The zero-order valence-electron chi connectivity index (χ0n) is 18.4. The Balaban J connectivity index is 1.51. The molecular weight excluding hydrogens is 420 g/mol. The van der Waals surface area contributed by atoms with E-state index >= 15 is 0 Å². The smallest absolute Gasteiger partial charge is 0.276 e. The van der Waals surface area contributed by atoms with Gasteiger partial charge in [-0.15, -0.1) is 0 Å². The summed E-state index contributed by atoms with van der Waals surface area (Å²) in [6, 6.07) is 18.9. The number of para-hydroxylation sites is 1. The van der Waals surface area contributed by atoms with E-state index < -0.39 is 17.4 Å². The molecule has 3 aromatic rings. The molecule has 0 bridgehead atoms. The maximum Gasteiger partial charge on any atom is 0.276 e. The lowest BCUT2D eigenvalue weighted by atomic mass is 9.99. The summed E-state index contributed by atoms with van der Waals surface area (Å²) in [7, 11) is 0. The standard InChI is InChI=1S/C25H24N4O4/c1-16-19(17(2)27-25(32)21(16)14-26)12-13-23(30)28-29-24(31)15-33-22-11-7-6-10-20(22)18-8-4-3-5-9-18/h3-11H,12-13,15H2,1-2H3,(H,27,32)(H,28,30)(H,29,31). The fourth-order valence-corrected chi connectivity index (χ4v) is 3.49. The molecule has 0 atom stereocenters. The molecule has 0 fully saturated rings. The SMILES string of the molecule is Cc1[nH]c(=O)c(C#N)c(C)c1CCC(=O)NNC(=O)COc1ccccc1-c1ccccc1. The van der Waals surface area contributed by atoms with Gasteiger partial charge in [-0.3, -0.25) is 25.2 Å². The normalized spacial score (nSPS) is 10.2. The second-order valence-electron chi connectivity index (χ2n) is 7.42. The lowest BCUT2D eigenvalue weighted by Crippen LogP contribution is -2.44. The van der Waals surface area contributed by atoms with E-state index in [1.165, 1.54) is 0 Å². The van der Waals surface area contributed by atoms with Gasteiger partial charge in [0, 0.05) is 17.7 Å². The molecule has 1 aromatic heterocycles. The molecule has 33 heavy (non-hydrogen) atoms. The highest BCUT2D eigenvalue weighted by atomic mass is 16.5. The monoisotopic (exact) mass is 444 g/mol.